The third kappa shape index (κ3) is 3.52. The number of carbonyl (C=O) groups is 1. The molecule has 1 spiro atoms. The molecule has 5 heteroatoms. The van der Waals surface area contributed by atoms with Gasteiger partial charge in [-0.05, 0) is 61.5 Å². The fourth-order valence-electron chi connectivity index (χ4n) is 3.21. The molecule has 1 aromatic carbocycles. The molecular formula is C16H22N2O2S. The minimum atomic E-state index is -0.383. The number of carbonyl (C=O) groups excluding carboxylic acids is 1. The minimum absolute atomic E-state index is 0.0916. The molecule has 3 N–H and O–H groups in total. The average molecular weight is 306 g/mol. The highest BCUT2D eigenvalue weighted by molar-refractivity contribution is 7.99. The summed E-state index contributed by atoms with van der Waals surface area (Å²) in [6.45, 7) is 0.835. The summed E-state index contributed by atoms with van der Waals surface area (Å²) in [7, 11) is 0. The van der Waals surface area contributed by atoms with E-state index in [1.54, 1.807) is 12.1 Å². The molecule has 0 saturated carbocycles. The van der Waals surface area contributed by atoms with Gasteiger partial charge in [-0.1, -0.05) is 0 Å². The number of nitrogens with one attached hydrogen (secondary N) is 1. The van der Waals surface area contributed by atoms with E-state index in [1.807, 2.05) is 23.9 Å². The number of ether oxygens (including phenoxy) is 1. The fourth-order valence-corrected chi connectivity index (χ4v) is 4.45. The Morgan fingerprint density at radius 3 is 2.67 bits per heavy atom. The molecule has 1 atom stereocenters. The summed E-state index contributed by atoms with van der Waals surface area (Å²) < 4.78 is 6.11. The van der Waals surface area contributed by atoms with Gasteiger partial charge in [0, 0.05) is 23.9 Å². The van der Waals surface area contributed by atoms with E-state index >= 15 is 0 Å². The van der Waals surface area contributed by atoms with Gasteiger partial charge in [0.25, 0.3) is 0 Å². The van der Waals surface area contributed by atoms with Crippen LogP contribution in [-0.4, -0.2) is 35.7 Å². The lowest BCUT2D eigenvalue weighted by atomic mass is 9.85. The van der Waals surface area contributed by atoms with Crippen molar-refractivity contribution in [1.82, 2.24) is 0 Å². The molecule has 2 heterocycles. The topological polar surface area (TPSA) is 64.4 Å². The molecule has 2 aliphatic heterocycles. The highest BCUT2D eigenvalue weighted by Crippen LogP contribution is 2.38. The van der Waals surface area contributed by atoms with Crippen LogP contribution in [-0.2, 0) is 4.74 Å². The van der Waals surface area contributed by atoms with Crippen LogP contribution in [0, 0.1) is 0 Å². The van der Waals surface area contributed by atoms with E-state index in [4.69, 9.17) is 10.5 Å². The first-order chi connectivity index (χ1) is 10.2. The van der Waals surface area contributed by atoms with Gasteiger partial charge in [-0.3, -0.25) is 4.79 Å². The summed E-state index contributed by atoms with van der Waals surface area (Å²) in [5.74, 6) is 2.03. The predicted octanol–water partition coefficient (Wildman–Crippen LogP) is 2.64. The van der Waals surface area contributed by atoms with Crippen LogP contribution in [0.4, 0.5) is 5.69 Å². The van der Waals surface area contributed by atoms with Gasteiger partial charge in [0.05, 0.1) is 5.60 Å². The first-order valence-electron chi connectivity index (χ1n) is 7.55. The molecule has 0 aromatic heterocycles. The molecule has 2 aliphatic rings. The van der Waals surface area contributed by atoms with Gasteiger partial charge in [-0.2, -0.15) is 11.8 Å². The van der Waals surface area contributed by atoms with Crippen molar-refractivity contribution in [1.29, 1.82) is 0 Å². The van der Waals surface area contributed by atoms with E-state index in [1.165, 1.54) is 11.5 Å². The zero-order chi connectivity index (χ0) is 14.7. The second kappa shape index (κ2) is 6.28. The predicted molar refractivity (Wildman–Crippen MR) is 86.8 cm³/mol. The van der Waals surface area contributed by atoms with Crippen molar-refractivity contribution < 1.29 is 9.53 Å². The van der Waals surface area contributed by atoms with E-state index in [-0.39, 0.29) is 11.5 Å². The van der Waals surface area contributed by atoms with Crippen molar-refractivity contribution >= 4 is 23.4 Å². The van der Waals surface area contributed by atoms with Crippen LogP contribution in [0.2, 0.25) is 0 Å². The average Bonchev–Trinajstić information content (AvgIpc) is 2.49. The standard InChI is InChI=1S/C16H22N2O2S/c17-15(19)12-1-3-13(4-2-12)18-14-5-8-20-16(11-14)6-9-21-10-7-16/h1-4,14,18H,5-11H2,(H2,17,19). The van der Waals surface area contributed by atoms with Gasteiger partial charge in [0.1, 0.15) is 0 Å². The molecule has 4 nitrogen and oxygen atoms in total. The Morgan fingerprint density at radius 2 is 2.00 bits per heavy atom. The molecule has 1 amide bonds. The molecule has 0 bridgehead atoms. The van der Waals surface area contributed by atoms with Crippen molar-refractivity contribution in [3.63, 3.8) is 0 Å². The van der Waals surface area contributed by atoms with E-state index in [9.17, 15) is 4.79 Å². The summed E-state index contributed by atoms with van der Waals surface area (Å²) in [4.78, 5) is 11.1. The number of anilines is 1. The van der Waals surface area contributed by atoms with E-state index < -0.39 is 0 Å². The molecule has 1 unspecified atom stereocenters. The zero-order valence-corrected chi connectivity index (χ0v) is 13.0. The van der Waals surface area contributed by atoms with Crippen molar-refractivity contribution in [2.45, 2.75) is 37.3 Å². The quantitative estimate of drug-likeness (QED) is 0.901. The highest BCUT2D eigenvalue weighted by Gasteiger charge is 2.38. The third-order valence-corrected chi connectivity index (χ3v) is 5.42. The Labute approximate surface area is 129 Å². The maximum atomic E-state index is 11.1. The maximum absolute atomic E-state index is 11.1. The highest BCUT2D eigenvalue weighted by atomic mass is 32.2. The fraction of sp³-hybridized carbons (Fsp3) is 0.562. The summed E-state index contributed by atoms with van der Waals surface area (Å²) in [5, 5.41) is 3.58. The van der Waals surface area contributed by atoms with Gasteiger partial charge >= 0.3 is 0 Å². The van der Waals surface area contributed by atoms with Gasteiger partial charge in [-0.15, -0.1) is 0 Å². The molecule has 2 fully saturated rings. The van der Waals surface area contributed by atoms with Crippen LogP contribution in [0.15, 0.2) is 24.3 Å². The van der Waals surface area contributed by atoms with Gasteiger partial charge in [0.2, 0.25) is 5.91 Å². The van der Waals surface area contributed by atoms with Crippen LogP contribution >= 0.6 is 11.8 Å². The number of hydrogen-bond acceptors (Lipinski definition) is 4. The largest absolute Gasteiger partial charge is 0.382 e. The first kappa shape index (κ1) is 14.7. The Hall–Kier alpha value is -1.20. The number of primary amides is 1. The Kier molecular flexibility index (Phi) is 4.40. The molecule has 0 radical (unpaired) electrons. The second-order valence-corrected chi connectivity index (χ2v) is 7.14. The Bertz CT molecular complexity index is 492. The van der Waals surface area contributed by atoms with Crippen molar-refractivity contribution in [3.8, 4) is 0 Å². The van der Waals surface area contributed by atoms with Crippen LogP contribution in [0.1, 0.15) is 36.0 Å². The van der Waals surface area contributed by atoms with Crippen molar-refractivity contribution in [2.24, 2.45) is 5.73 Å². The number of benzene rings is 1. The lowest BCUT2D eigenvalue weighted by Crippen LogP contribution is -2.46. The van der Waals surface area contributed by atoms with Gasteiger partial charge in [0.15, 0.2) is 0 Å². The maximum Gasteiger partial charge on any atom is 0.248 e. The lowest BCUT2D eigenvalue weighted by molar-refractivity contribution is -0.0865. The first-order valence-corrected chi connectivity index (χ1v) is 8.70. The van der Waals surface area contributed by atoms with Gasteiger partial charge in [-0.25, -0.2) is 0 Å². The van der Waals surface area contributed by atoms with Crippen LogP contribution in [0.25, 0.3) is 0 Å². The SMILES string of the molecule is NC(=O)c1ccc(NC2CCOC3(CCSCC3)C2)cc1. The van der Waals surface area contributed by atoms with E-state index in [0.29, 0.717) is 11.6 Å². The van der Waals surface area contributed by atoms with Gasteiger partial charge < -0.3 is 15.8 Å². The number of hydrogen-bond donors (Lipinski definition) is 2. The lowest BCUT2D eigenvalue weighted by Gasteiger charge is -2.43. The molecule has 1 aromatic rings. The van der Waals surface area contributed by atoms with Crippen LogP contribution in [0.5, 0.6) is 0 Å². The monoisotopic (exact) mass is 306 g/mol. The zero-order valence-electron chi connectivity index (χ0n) is 12.1. The molecule has 21 heavy (non-hydrogen) atoms. The Morgan fingerprint density at radius 1 is 1.29 bits per heavy atom. The second-order valence-electron chi connectivity index (χ2n) is 5.92. The van der Waals surface area contributed by atoms with E-state index in [0.717, 1.165) is 38.0 Å². The third-order valence-electron chi connectivity index (χ3n) is 4.44. The molecule has 114 valence electrons. The van der Waals surface area contributed by atoms with Crippen LogP contribution < -0.4 is 11.1 Å². The number of rotatable bonds is 3. The summed E-state index contributed by atoms with van der Waals surface area (Å²) in [6, 6.07) is 7.85. The normalized spacial score (nSPS) is 24.7. The molecular weight excluding hydrogens is 284 g/mol. The van der Waals surface area contributed by atoms with Crippen molar-refractivity contribution in [3.05, 3.63) is 29.8 Å². The van der Waals surface area contributed by atoms with Crippen molar-refractivity contribution in [2.75, 3.05) is 23.4 Å². The molecule has 2 saturated heterocycles. The Balaban J connectivity index is 1.62. The summed E-state index contributed by atoms with van der Waals surface area (Å²) >= 11 is 2.03. The van der Waals surface area contributed by atoms with E-state index in [2.05, 4.69) is 5.32 Å². The molecule has 0 aliphatic carbocycles. The molecule has 3 rings (SSSR count). The number of amides is 1. The van der Waals surface area contributed by atoms with Crippen LogP contribution in [0.3, 0.4) is 0 Å². The number of nitrogens with two attached hydrogens (primary N) is 1. The smallest absolute Gasteiger partial charge is 0.248 e. The minimum Gasteiger partial charge on any atom is -0.382 e. The summed E-state index contributed by atoms with van der Waals surface area (Å²) in [6.07, 6.45) is 4.44. The number of thioether (sulfide) groups is 1. The summed E-state index contributed by atoms with van der Waals surface area (Å²) in [5.41, 5.74) is 6.95.